The number of carbonyl (C=O) groups excluding carboxylic acids is 1. The summed E-state index contributed by atoms with van der Waals surface area (Å²) >= 11 is 5.95. The summed E-state index contributed by atoms with van der Waals surface area (Å²) in [6.07, 6.45) is 3.37. The van der Waals surface area contributed by atoms with Crippen LogP contribution in [0.2, 0.25) is 5.02 Å². The first-order valence-electron chi connectivity index (χ1n) is 8.25. The molecule has 0 fully saturated rings. The van der Waals surface area contributed by atoms with Gasteiger partial charge in [0, 0.05) is 24.7 Å². The van der Waals surface area contributed by atoms with Crippen LogP contribution in [-0.2, 0) is 21.2 Å². The maximum Gasteiger partial charge on any atom is 0.237 e. The standard InChI is InChI=1S/C17H27ClN2O3S/c1-4-10-19(11-5-2)17(21)14-20(24(3,22)23)12-9-15-7-6-8-16(18)13-15/h6-8,13H,4-5,9-12,14H2,1-3H3. The van der Waals surface area contributed by atoms with Crippen molar-refractivity contribution in [2.75, 3.05) is 32.4 Å². The Morgan fingerprint density at radius 2 is 1.75 bits per heavy atom. The van der Waals surface area contributed by atoms with Gasteiger partial charge < -0.3 is 4.90 Å². The fourth-order valence-electron chi connectivity index (χ4n) is 2.46. The van der Waals surface area contributed by atoms with Crippen LogP contribution in [0.4, 0.5) is 0 Å². The number of halogens is 1. The molecular weight excluding hydrogens is 348 g/mol. The van der Waals surface area contributed by atoms with Gasteiger partial charge in [-0.2, -0.15) is 4.31 Å². The minimum atomic E-state index is -3.45. The van der Waals surface area contributed by atoms with E-state index in [4.69, 9.17) is 11.6 Å². The van der Waals surface area contributed by atoms with Crippen LogP contribution in [0.3, 0.4) is 0 Å². The van der Waals surface area contributed by atoms with Gasteiger partial charge in [0.1, 0.15) is 0 Å². The molecule has 0 unspecified atom stereocenters. The number of nitrogens with zero attached hydrogens (tertiary/aromatic N) is 2. The molecule has 1 rings (SSSR count). The molecule has 0 aliphatic carbocycles. The van der Waals surface area contributed by atoms with Crippen molar-refractivity contribution in [1.82, 2.24) is 9.21 Å². The van der Waals surface area contributed by atoms with Crippen LogP contribution in [0.15, 0.2) is 24.3 Å². The molecule has 24 heavy (non-hydrogen) atoms. The smallest absolute Gasteiger partial charge is 0.237 e. The Balaban J connectivity index is 2.77. The van der Waals surface area contributed by atoms with E-state index in [1.165, 1.54) is 4.31 Å². The molecule has 0 N–H and O–H groups in total. The van der Waals surface area contributed by atoms with Gasteiger partial charge >= 0.3 is 0 Å². The van der Waals surface area contributed by atoms with E-state index in [2.05, 4.69) is 0 Å². The summed E-state index contributed by atoms with van der Waals surface area (Å²) in [4.78, 5) is 14.2. The average Bonchev–Trinajstić information content (AvgIpc) is 2.50. The third kappa shape index (κ3) is 7.20. The van der Waals surface area contributed by atoms with Gasteiger partial charge in [-0.3, -0.25) is 4.79 Å². The zero-order chi connectivity index (χ0) is 18.2. The van der Waals surface area contributed by atoms with E-state index in [0.29, 0.717) is 24.5 Å². The highest BCUT2D eigenvalue weighted by atomic mass is 35.5. The normalized spacial score (nSPS) is 11.7. The zero-order valence-corrected chi connectivity index (χ0v) is 16.2. The van der Waals surface area contributed by atoms with Crippen molar-refractivity contribution in [1.29, 1.82) is 0 Å². The van der Waals surface area contributed by atoms with Crippen molar-refractivity contribution in [3.63, 3.8) is 0 Å². The quantitative estimate of drug-likeness (QED) is 0.632. The van der Waals surface area contributed by atoms with Crippen molar-refractivity contribution in [3.8, 4) is 0 Å². The molecule has 0 aromatic heterocycles. The fourth-order valence-corrected chi connectivity index (χ4v) is 3.44. The van der Waals surface area contributed by atoms with Crippen molar-refractivity contribution in [3.05, 3.63) is 34.9 Å². The van der Waals surface area contributed by atoms with Crippen molar-refractivity contribution in [2.24, 2.45) is 0 Å². The van der Waals surface area contributed by atoms with E-state index < -0.39 is 10.0 Å². The fraction of sp³-hybridized carbons (Fsp3) is 0.588. The minimum absolute atomic E-state index is 0.112. The van der Waals surface area contributed by atoms with E-state index >= 15 is 0 Å². The van der Waals surface area contributed by atoms with Gasteiger partial charge in [-0.15, -0.1) is 0 Å². The Hall–Kier alpha value is -1.11. The maximum absolute atomic E-state index is 12.4. The first-order chi connectivity index (χ1) is 11.3. The van der Waals surface area contributed by atoms with Crippen molar-refractivity contribution >= 4 is 27.5 Å². The van der Waals surface area contributed by atoms with Gasteiger partial charge in [0.05, 0.1) is 12.8 Å². The molecule has 0 aliphatic heterocycles. The minimum Gasteiger partial charge on any atom is -0.342 e. The number of benzene rings is 1. The summed E-state index contributed by atoms with van der Waals surface area (Å²) in [7, 11) is -3.45. The monoisotopic (exact) mass is 374 g/mol. The van der Waals surface area contributed by atoms with Crippen LogP contribution in [0.1, 0.15) is 32.3 Å². The van der Waals surface area contributed by atoms with Crippen LogP contribution in [0.25, 0.3) is 0 Å². The van der Waals surface area contributed by atoms with Crippen LogP contribution in [0, 0.1) is 0 Å². The van der Waals surface area contributed by atoms with Crippen molar-refractivity contribution in [2.45, 2.75) is 33.1 Å². The van der Waals surface area contributed by atoms with Crippen LogP contribution >= 0.6 is 11.6 Å². The number of rotatable bonds is 10. The van der Waals surface area contributed by atoms with Gasteiger partial charge in [0.2, 0.25) is 15.9 Å². The third-order valence-electron chi connectivity index (χ3n) is 3.66. The maximum atomic E-state index is 12.4. The second-order valence-corrected chi connectivity index (χ2v) is 8.28. The Morgan fingerprint density at radius 1 is 1.12 bits per heavy atom. The first kappa shape index (κ1) is 20.9. The molecule has 1 amide bonds. The highest BCUT2D eigenvalue weighted by Crippen LogP contribution is 2.12. The molecule has 0 saturated carbocycles. The molecule has 1 aromatic carbocycles. The zero-order valence-electron chi connectivity index (χ0n) is 14.7. The summed E-state index contributed by atoms with van der Waals surface area (Å²) in [6.45, 7) is 5.46. The lowest BCUT2D eigenvalue weighted by Gasteiger charge is -2.26. The first-order valence-corrected chi connectivity index (χ1v) is 10.5. The molecule has 0 saturated heterocycles. The number of amides is 1. The Bertz CT molecular complexity index is 628. The van der Waals surface area contributed by atoms with Crippen LogP contribution < -0.4 is 0 Å². The molecule has 136 valence electrons. The van der Waals surface area contributed by atoms with Gasteiger partial charge in [0.15, 0.2) is 0 Å². The summed E-state index contributed by atoms with van der Waals surface area (Å²) in [6, 6.07) is 7.31. The van der Waals surface area contributed by atoms with Gasteiger partial charge in [-0.05, 0) is 37.0 Å². The molecular formula is C17H27ClN2O3S. The predicted octanol–water partition coefficient (Wildman–Crippen LogP) is 2.79. The van der Waals surface area contributed by atoms with Crippen LogP contribution in [0.5, 0.6) is 0 Å². The number of hydrogen-bond donors (Lipinski definition) is 0. The number of carbonyl (C=O) groups is 1. The molecule has 7 heteroatoms. The molecule has 0 radical (unpaired) electrons. The average molecular weight is 375 g/mol. The third-order valence-corrected chi connectivity index (χ3v) is 5.14. The Morgan fingerprint density at radius 3 is 2.25 bits per heavy atom. The van der Waals surface area contributed by atoms with E-state index in [0.717, 1.165) is 24.7 Å². The number of hydrogen-bond acceptors (Lipinski definition) is 3. The topological polar surface area (TPSA) is 57.7 Å². The van der Waals surface area contributed by atoms with E-state index in [1.54, 1.807) is 11.0 Å². The van der Waals surface area contributed by atoms with Gasteiger partial charge in [0.25, 0.3) is 0 Å². The summed E-state index contributed by atoms with van der Waals surface area (Å²) in [5.41, 5.74) is 0.947. The largest absolute Gasteiger partial charge is 0.342 e. The highest BCUT2D eigenvalue weighted by molar-refractivity contribution is 7.88. The molecule has 0 heterocycles. The molecule has 0 spiro atoms. The van der Waals surface area contributed by atoms with E-state index in [9.17, 15) is 13.2 Å². The van der Waals surface area contributed by atoms with Gasteiger partial charge in [-0.25, -0.2) is 8.42 Å². The lowest BCUT2D eigenvalue weighted by Crippen LogP contribution is -2.43. The highest BCUT2D eigenvalue weighted by Gasteiger charge is 2.22. The Labute approximate surface area is 150 Å². The summed E-state index contributed by atoms with van der Waals surface area (Å²) in [5.74, 6) is -0.143. The SMILES string of the molecule is CCCN(CCC)C(=O)CN(CCc1cccc(Cl)c1)S(C)(=O)=O. The van der Waals surface area contributed by atoms with Crippen LogP contribution in [-0.4, -0.2) is 56.0 Å². The molecule has 0 aliphatic rings. The second-order valence-electron chi connectivity index (χ2n) is 5.86. The Kier molecular flexibility index (Phi) is 8.73. The molecule has 5 nitrogen and oxygen atoms in total. The van der Waals surface area contributed by atoms with Gasteiger partial charge in [-0.1, -0.05) is 37.6 Å². The molecule has 1 aromatic rings. The summed E-state index contributed by atoms with van der Waals surface area (Å²) < 4.78 is 25.3. The van der Waals surface area contributed by atoms with Crippen molar-refractivity contribution < 1.29 is 13.2 Å². The lowest BCUT2D eigenvalue weighted by atomic mass is 10.1. The predicted molar refractivity (Wildman–Crippen MR) is 98.7 cm³/mol. The van der Waals surface area contributed by atoms with E-state index in [-0.39, 0.29) is 19.0 Å². The van der Waals surface area contributed by atoms with E-state index in [1.807, 2.05) is 32.0 Å². The lowest BCUT2D eigenvalue weighted by molar-refractivity contribution is -0.131. The summed E-state index contributed by atoms with van der Waals surface area (Å²) in [5, 5.41) is 0.617. The number of sulfonamides is 1. The second kappa shape index (κ2) is 10.0. The molecule has 0 atom stereocenters. The molecule has 0 bridgehead atoms.